The van der Waals surface area contributed by atoms with Gasteiger partial charge in [0.05, 0.1) is 22.5 Å². The van der Waals surface area contributed by atoms with Crippen LogP contribution in [0.2, 0.25) is 0 Å². The van der Waals surface area contributed by atoms with Crippen molar-refractivity contribution in [1.29, 1.82) is 0 Å². The summed E-state index contributed by atoms with van der Waals surface area (Å²) in [6, 6.07) is 26.6. The number of ether oxygens (including phenoxy) is 1. The van der Waals surface area contributed by atoms with E-state index < -0.39 is 22.1 Å². The summed E-state index contributed by atoms with van der Waals surface area (Å²) in [6.07, 6.45) is 1.32. The topological polar surface area (TPSA) is 85.4 Å². The second-order valence-electron chi connectivity index (χ2n) is 8.36. The normalized spacial score (nSPS) is 14.6. The smallest absolute Gasteiger partial charge is 0.339 e. The van der Waals surface area contributed by atoms with E-state index >= 15 is 0 Å². The van der Waals surface area contributed by atoms with Gasteiger partial charge in [-0.2, -0.15) is 0 Å². The number of esters is 1. The maximum atomic E-state index is 13.4. The molecule has 0 amide bonds. The zero-order chi connectivity index (χ0) is 23.5. The number of benzene rings is 3. The van der Waals surface area contributed by atoms with Crippen molar-refractivity contribution in [1.82, 2.24) is 9.71 Å². The molecule has 1 N–H and O–H groups in total. The molecule has 0 saturated heterocycles. The third kappa shape index (κ3) is 4.85. The fraction of sp³-hybridized carbons (Fsp3) is 0.185. The number of hydrogen-bond donors (Lipinski definition) is 1. The van der Waals surface area contributed by atoms with Crippen LogP contribution in [0.15, 0.2) is 95.9 Å². The van der Waals surface area contributed by atoms with Crippen molar-refractivity contribution in [3.05, 3.63) is 108 Å². The number of fused-ring (bicyclic) bond motifs is 1. The predicted octanol–water partition coefficient (Wildman–Crippen LogP) is 4.99. The van der Waals surface area contributed by atoms with Crippen molar-refractivity contribution >= 4 is 26.9 Å². The van der Waals surface area contributed by atoms with Gasteiger partial charge in [0.2, 0.25) is 10.0 Å². The number of nitrogens with one attached hydrogen (secondary N) is 1. The van der Waals surface area contributed by atoms with E-state index in [1.807, 2.05) is 60.7 Å². The summed E-state index contributed by atoms with van der Waals surface area (Å²) >= 11 is 0. The van der Waals surface area contributed by atoms with E-state index in [9.17, 15) is 13.2 Å². The van der Waals surface area contributed by atoms with Crippen molar-refractivity contribution in [2.45, 2.75) is 29.8 Å². The zero-order valence-corrected chi connectivity index (χ0v) is 19.2. The molecule has 1 fully saturated rings. The van der Waals surface area contributed by atoms with E-state index in [4.69, 9.17) is 9.72 Å². The molecule has 3 aromatic carbocycles. The minimum Gasteiger partial charge on any atom is -0.452 e. The summed E-state index contributed by atoms with van der Waals surface area (Å²) in [5.74, 6) is -0.132. The molecular weight excluding hydrogens is 448 g/mol. The van der Waals surface area contributed by atoms with Crippen molar-refractivity contribution < 1.29 is 17.9 Å². The van der Waals surface area contributed by atoms with Crippen molar-refractivity contribution in [2.24, 2.45) is 0 Å². The Morgan fingerprint density at radius 2 is 1.59 bits per heavy atom. The lowest BCUT2D eigenvalue weighted by Gasteiger charge is -2.20. The van der Waals surface area contributed by atoms with Crippen LogP contribution in [0.1, 0.15) is 46.5 Å². The van der Waals surface area contributed by atoms with Gasteiger partial charge in [-0.05, 0) is 42.7 Å². The highest BCUT2D eigenvalue weighted by Crippen LogP contribution is 2.40. The molecule has 1 aliphatic rings. The van der Waals surface area contributed by atoms with E-state index in [2.05, 4.69) is 4.72 Å². The SMILES string of the molecule is O=C(O[C@@H](CNS(=O)(=O)c1ccccc1)c1ccccc1)c1cc(C2CC2)nc2ccccc12. The molecule has 5 rings (SSSR count). The van der Waals surface area contributed by atoms with Gasteiger partial charge < -0.3 is 4.74 Å². The summed E-state index contributed by atoms with van der Waals surface area (Å²) in [6.45, 7) is -0.0918. The number of rotatable bonds is 8. The Bertz CT molecular complexity index is 1420. The second-order valence-corrected chi connectivity index (χ2v) is 10.1. The van der Waals surface area contributed by atoms with E-state index in [-0.39, 0.29) is 11.4 Å². The molecule has 0 bridgehead atoms. The molecule has 0 radical (unpaired) electrons. The number of carbonyl (C=O) groups excluding carboxylic acids is 1. The number of carbonyl (C=O) groups is 1. The Labute approximate surface area is 198 Å². The summed E-state index contributed by atoms with van der Waals surface area (Å²) in [5, 5.41) is 0.716. The Hall–Kier alpha value is -3.55. The maximum Gasteiger partial charge on any atom is 0.339 e. The monoisotopic (exact) mass is 472 g/mol. The van der Waals surface area contributed by atoms with Crippen molar-refractivity contribution in [3.8, 4) is 0 Å². The molecule has 0 aliphatic heterocycles. The number of para-hydroxylation sites is 1. The second kappa shape index (κ2) is 9.37. The van der Waals surface area contributed by atoms with Crippen molar-refractivity contribution in [3.63, 3.8) is 0 Å². The third-order valence-electron chi connectivity index (χ3n) is 5.88. The fourth-order valence-corrected chi connectivity index (χ4v) is 4.96. The molecular formula is C27H24N2O4S. The molecule has 1 aromatic heterocycles. The number of pyridine rings is 1. The van der Waals surface area contributed by atoms with Crippen LogP contribution in [-0.4, -0.2) is 25.9 Å². The first-order chi connectivity index (χ1) is 16.5. The largest absolute Gasteiger partial charge is 0.452 e. The van der Waals surface area contributed by atoms with Crippen LogP contribution in [0.25, 0.3) is 10.9 Å². The lowest BCUT2D eigenvalue weighted by atomic mass is 10.1. The van der Waals surface area contributed by atoms with Crippen LogP contribution in [0, 0.1) is 0 Å². The lowest BCUT2D eigenvalue weighted by Crippen LogP contribution is -2.30. The van der Waals surface area contributed by atoms with Gasteiger partial charge in [-0.25, -0.2) is 17.9 Å². The highest BCUT2D eigenvalue weighted by molar-refractivity contribution is 7.89. The zero-order valence-electron chi connectivity index (χ0n) is 18.4. The number of sulfonamides is 1. The minimum absolute atomic E-state index is 0.0918. The molecule has 4 aromatic rings. The van der Waals surface area contributed by atoms with Gasteiger partial charge in [0.1, 0.15) is 6.10 Å². The predicted molar refractivity (Wildman–Crippen MR) is 130 cm³/mol. The van der Waals surface area contributed by atoms with E-state index in [1.54, 1.807) is 18.2 Å². The molecule has 7 heteroatoms. The molecule has 1 atom stereocenters. The lowest BCUT2D eigenvalue weighted by molar-refractivity contribution is 0.0310. The van der Waals surface area contributed by atoms with Crippen LogP contribution >= 0.6 is 0 Å². The quantitative estimate of drug-likeness (QED) is 0.365. The number of nitrogens with zero attached hydrogens (tertiary/aromatic N) is 1. The minimum atomic E-state index is -3.76. The highest BCUT2D eigenvalue weighted by Gasteiger charge is 2.28. The molecule has 1 aliphatic carbocycles. The van der Waals surface area contributed by atoms with E-state index in [1.165, 1.54) is 12.1 Å². The molecule has 1 heterocycles. The van der Waals surface area contributed by atoms with Crippen LogP contribution in [0.4, 0.5) is 0 Å². The summed E-state index contributed by atoms with van der Waals surface area (Å²) in [7, 11) is -3.76. The first kappa shape index (κ1) is 22.3. The highest BCUT2D eigenvalue weighted by atomic mass is 32.2. The Balaban J connectivity index is 1.44. The molecule has 34 heavy (non-hydrogen) atoms. The first-order valence-electron chi connectivity index (χ1n) is 11.2. The van der Waals surface area contributed by atoms with Crippen molar-refractivity contribution in [2.75, 3.05) is 6.54 Å². The average Bonchev–Trinajstić information content (AvgIpc) is 3.72. The van der Waals surface area contributed by atoms with E-state index in [0.29, 0.717) is 22.4 Å². The summed E-state index contributed by atoms with van der Waals surface area (Å²) in [5.41, 5.74) is 2.79. The Morgan fingerprint density at radius 1 is 0.941 bits per heavy atom. The van der Waals surface area contributed by atoms with Gasteiger partial charge in [0.15, 0.2) is 0 Å². The van der Waals surface area contributed by atoms with Crippen LogP contribution in [0.5, 0.6) is 0 Å². The molecule has 172 valence electrons. The Kier molecular flexibility index (Phi) is 6.13. The molecule has 0 spiro atoms. The molecule has 0 unspecified atom stereocenters. The standard InChI is InChI=1S/C27H24N2O4S/c30-27(23-17-25(19-15-16-19)29-24-14-8-7-13-22(23)24)33-26(20-9-3-1-4-10-20)18-28-34(31,32)21-11-5-2-6-12-21/h1-14,17,19,26,28H,15-16,18H2/t26-/m0/s1. The van der Waals surface area contributed by atoms with Gasteiger partial charge in [0.25, 0.3) is 0 Å². The van der Waals surface area contributed by atoms with Gasteiger partial charge >= 0.3 is 5.97 Å². The first-order valence-corrected chi connectivity index (χ1v) is 12.7. The molecule has 1 saturated carbocycles. The fourth-order valence-electron chi connectivity index (χ4n) is 3.91. The van der Waals surface area contributed by atoms with Crippen LogP contribution in [-0.2, 0) is 14.8 Å². The average molecular weight is 473 g/mol. The van der Waals surface area contributed by atoms with Crippen LogP contribution in [0.3, 0.4) is 0 Å². The summed E-state index contributed by atoms with van der Waals surface area (Å²) < 4.78 is 34.0. The summed E-state index contributed by atoms with van der Waals surface area (Å²) in [4.78, 5) is 18.3. The van der Waals surface area contributed by atoms with Gasteiger partial charge in [-0.1, -0.05) is 66.7 Å². The van der Waals surface area contributed by atoms with Gasteiger partial charge in [-0.3, -0.25) is 4.98 Å². The molecule has 6 nitrogen and oxygen atoms in total. The van der Waals surface area contributed by atoms with Gasteiger partial charge in [-0.15, -0.1) is 0 Å². The van der Waals surface area contributed by atoms with E-state index in [0.717, 1.165) is 24.1 Å². The third-order valence-corrected chi connectivity index (χ3v) is 7.32. The Morgan fingerprint density at radius 3 is 2.29 bits per heavy atom. The number of aromatic nitrogens is 1. The van der Waals surface area contributed by atoms with Crippen LogP contribution < -0.4 is 4.72 Å². The maximum absolute atomic E-state index is 13.4. The number of hydrogen-bond acceptors (Lipinski definition) is 5. The van der Waals surface area contributed by atoms with Gasteiger partial charge in [0, 0.05) is 17.0 Å².